The van der Waals surface area contributed by atoms with Crippen molar-refractivity contribution in [2.75, 3.05) is 11.9 Å². The highest BCUT2D eigenvalue weighted by atomic mass is 16.4. The zero-order valence-corrected chi connectivity index (χ0v) is 11.5. The predicted octanol–water partition coefficient (Wildman–Crippen LogP) is 3.41. The lowest BCUT2D eigenvalue weighted by Crippen LogP contribution is -2.20. The van der Waals surface area contributed by atoms with E-state index in [-0.39, 0.29) is 0 Å². The van der Waals surface area contributed by atoms with Crippen LogP contribution in [0.2, 0.25) is 0 Å². The lowest BCUT2D eigenvalue weighted by molar-refractivity contribution is -0.140. The first-order valence-electron chi connectivity index (χ1n) is 6.75. The normalized spacial score (nSPS) is 11.8. The summed E-state index contributed by atoms with van der Waals surface area (Å²) in [5.74, 6) is -1.18. The molecule has 0 saturated heterocycles. The Labute approximate surface area is 119 Å². The molecule has 1 unspecified atom stereocenters. The molecule has 0 fully saturated rings. The Morgan fingerprint density at radius 1 is 1.10 bits per heavy atom. The minimum Gasteiger partial charge on any atom is -0.481 e. The van der Waals surface area contributed by atoms with E-state index < -0.39 is 11.9 Å². The van der Waals surface area contributed by atoms with Gasteiger partial charge in [0.2, 0.25) is 0 Å². The maximum atomic E-state index is 10.9. The molecule has 3 nitrogen and oxygen atoms in total. The number of aliphatic carboxylic acids is 1. The largest absolute Gasteiger partial charge is 0.481 e. The fraction of sp³-hybridized carbons (Fsp3) is 0.235. The number of anilines is 1. The zero-order chi connectivity index (χ0) is 14.4. The van der Waals surface area contributed by atoms with E-state index >= 15 is 0 Å². The van der Waals surface area contributed by atoms with Crippen LogP contribution in [0.1, 0.15) is 18.1 Å². The van der Waals surface area contributed by atoms with Crippen molar-refractivity contribution in [2.45, 2.75) is 13.3 Å². The van der Waals surface area contributed by atoms with Gasteiger partial charge in [0.1, 0.15) is 0 Å². The molecule has 0 spiro atoms. The number of carboxylic acids is 1. The number of carbonyl (C=O) groups is 1. The number of nitrogens with one attached hydrogen (secondary N) is 1. The molecule has 0 aliphatic carbocycles. The average molecular weight is 269 g/mol. The summed E-state index contributed by atoms with van der Waals surface area (Å²) in [7, 11) is 0. The molecule has 20 heavy (non-hydrogen) atoms. The van der Waals surface area contributed by atoms with Crippen molar-refractivity contribution in [3.05, 3.63) is 65.7 Å². The summed E-state index contributed by atoms with van der Waals surface area (Å²) < 4.78 is 0. The molecule has 0 amide bonds. The second kappa shape index (κ2) is 6.75. The summed E-state index contributed by atoms with van der Waals surface area (Å²) in [5, 5.41) is 12.2. The maximum Gasteiger partial charge on any atom is 0.308 e. The highest BCUT2D eigenvalue weighted by Gasteiger charge is 2.11. The second-order valence-corrected chi connectivity index (χ2v) is 4.94. The molecule has 2 N–H and O–H groups in total. The van der Waals surface area contributed by atoms with Gasteiger partial charge in [-0.1, -0.05) is 55.5 Å². The Morgan fingerprint density at radius 2 is 1.75 bits per heavy atom. The van der Waals surface area contributed by atoms with Crippen molar-refractivity contribution in [1.82, 2.24) is 0 Å². The SMILES string of the molecule is CC(CNc1ccccc1Cc1ccccc1)C(=O)O. The summed E-state index contributed by atoms with van der Waals surface area (Å²) in [6.07, 6.45) is 0.839. The highest BCUT2D eigenvalue weighted by Crippen LogP contribution is 2.19. The van der Waals surface area contributed by atoms with Gasteiger partial charge in [-0.2, -0.15) is 0 Å². The standard InChI is InChI=1S/C17H19NO2/c1-13(17(19)20)12-18-16-10-6-5-9-15(16)11-14-7-3-2-4-8-14/h2-10,13,18H,11-12H2,1H3,(H,19,20). The van der Waals surface area contributed by atoms with Gasteiger partial charge < -0.3 is 10.4 Å². The number of carboxylic acid groups (broad SMARTS) is 1. The van der Waals surface area contributed by atoms with Crippen molar-refractivity contribution in [2.24, 2.45) is 5.92 Å². The third kappa shape index (κ3) is 3.85. The van der Waals surface area contributed by atoms with Crippen molar-refractivity contribution in [1.29, 1.82) is 0 Å². The lowest BCUT2D eigenvalue weighted by Gasteiger charge is -2.14. The molecule has 104 valence electrons. The molecule has 0 saturated carbocycles. The molecule has 2 aromatic rings. The van der Waals surface area contributed by atoms with Gasteiger partial charge in [0.15, 0.2) is 0 Å². The van der Waals surface area contributed by atoms with Crippen LogP contribution < -0.4 is 5.32 Å². The van der Waals surface area contributed by atoms with E-state index in [0.29, 0.717) is 6.54 Å². The van der Waals surface area contributed by atoms with Gasteiger partial charge in [-0.15, -0.1) is 0 Å². The molecule has 2 aromatic carbocycles. The Balaban J connectivity index is 2.08. The highest BCUT2D eigenvalue weighted by molar-refractivity contribution is 5.70. The van der Waals surface area contributed by atoms with Crippen LogP contribution in [0.25, 0.3) is 0 Å². The van der Waals surface area contributed by atoms with Crippen LogP contribution in [0.5, 0.6) is 0 Å². The van der Waals surface area contributed by atoms with E-state index in [0.717, 1.165) is 12.1 Å². The van der Waals surface area contributed by atoms with Gasteiger partial charge in [-0.05, 0) is 23.6 Å². The van der Waals surface area contributed by atoms with Crippen molar-refractivity contribution < 1.29 is 9.90 Å². The molecule has 0 aliphatic heterocycles. The van der Waals surface area contributed by atoms with E-state index in [2.05, 4.69) is 23.5 Å². The Hall–Kier alpha value is -2.29. The maximum absolute atomic E-state index is 10.9. The summed E-state index contributed by atoms with van der Waals surface area (Å²) in [6, 6.07) is 18.3. The number of hydrogen-bond acceptors (Lipinski definition) is 2. The summed E-state index contributed by atoms with van der Waals surface area (Å²) >= 11 is 0. The van der Waals surface area contributed by atoms with E-state index in [4.69, 9.17) is 5.11 Å². The molecular weight excluding hydrogens is 250 g/mol. The van der Waals surface area contributed by atoms with Gasteiger partial charge in [0.25, 0.3) is 0 Å². The quantitative estimate of drug-likeness (QED) is 0.845. The van der Waals surface area contributed by atoms with Gasteiger partial charge in [-0.3, -0.25) is 4.79 Å². The number of rotatable bonds is 6. The molecule has 3 heteroatoms. The molecule has 0 aromatic heterocycles. The molecular formula is C17H19NO2. The number of para-hydroxylation sites is 1. The molecule has 1 atom stereocenters. The first-order chi connectivity index (χ1) is 9.66. The number of hydrogen-bond donors (Lipinski definition) is 2. The first-order valence-corrected chi connectivity index (χ1v) is 6.75. The summed E-state index contributed by atoms with van der Waals surface area (Å²) in [5.41, 5.74) is 3.42. The van der Waals surface area contributed by atoms with Crippen LogP contribution in [0, 0.1) is 5.92 Å². The zero-order valence-electron chi connectivity index (χ0n) is 11.5. The third-order valence-electron chi connectivity index (χ3n) is 3.28. The fourth-order valence-corrected chi connectivity index (χ4v) is 2.01. The van der Waals surface area contributed by atoms with E-state index in [9.17, 15) is 4.79 Å². The fourth-order valence-electron chi connectivity index (χ4n) is 2.01. The molecule has 0 heterocycles. The van der Waals surface area contributed by atoms with Gasteiger partial charge in [0.05, 0.1) is 5.92 Å². The van der Waals surface area contributed by atoms with Crippen LogP contribution in [-0.4, -0.2) is 17.6 Å². The van der Waals surface area contributed by atoms with E-state index in [1.54, 1.807) is 6.92 Å². The van der Waals surface area contributed by atoms with Crippen LogP contribution in [0.3, 0.4) is 0 Å². The molecule has 0 radical (unpaired) electrons. The van der Waals surface area contributed by atoms with Crippen LogP contribution in [0.4, 0.5) is 5.69 Å². The molecule has 0 bridgehead atoms. The van der Waals surface area contributed by atoms with Crippen molar-refractivity contribution in [3.8, 4) is 0 Å². The van der Waals surface area contributed by atoms with Crippen LogP contribution in [-0.2, 0) is 11.2 Å². The molecule has 0 aliphatic rings. The smallest absolute Gasteiger partial charge is 0.308 e. The van der Waals surface area contributed by atoms with Gasteiger partial charge >= 0.3 is 5.97 Å². The third-order valence-corrected chi connectivity index (χ3v) is 3.28. The van der Waals surface area contributed by atoms with Crippen LogP contribution >= 0.6 is 0 Å². The Kier molecular flexibility index (Phi) is 4.77. The monoisotopic (exact) mass is 269 g/mol. The molecule has 2 rings (SSSR count). The average Bonchev–Trinajstić information content (AvgIpc) is 2.47. The van der Waals surface area contributed by atoms with E-state index in [1.807, 2.05) is 36.4 Å². The van der Waals surface area contributed by atoms with Gasteiger partial charge in [0, 0.05) is 12.2 Å². The number of benzene rings is 2. The van der Waals surface area contributed by atoms with E-state index in [1.165, 1.54) is 11.1 Å². The summed E-state index contributed by atoms with van der Waals surface area (Å²) in [4.78, 5) is 10.9. The van der Waals surface area contributed by atoms with Gasteiger partial charge in [-0.25, -0.2) is 0 Å². The second-order valence-electron chi connectivity index (χ2n) is 4.94. The first kappa shape index (κ1) is 14.1. The Morgan fingerprint density at radius 3 is 2.45 bits per heavy atom. The van der Waals surface area contributed by atoms with Crippen molar-refractivity contribution >= 4 is 11.7 Å². The minimum atomic E-state index is -0.780. The topological polar surface area (TPSA) is 49.3 Å². The van der Waals surface area contributed by atoms with Crippen LogP contribution in [0.15, 0.2) is 54.6 Å². The Bertz CT molecular complexity index is 566. The lowest BCUT2D eigenvalue weighted by atomic mass is 10.0. The minimum absolute atomic E-state index is 0.403. The van der Waals surface area contributed by atoms with Crippen molar-refractivity contribution in [3.63, 3.8) is 0 Å². The predicted molar refractivity (Wildman–Crippen MR) is 81.0 cm³/mol. The summed E-state index contributed by atoms with van der Waals surface area (Å²) in [6.45, 7) is 2.14.